The summed E-state index contributed by atoms with van der Waals surface area (Å²) in [5.74, 6) is 0.594. The van der Waals surface area contributed by atoms with E-state index in [-0.39, 0.29) is 12.3 Å². The van der Waals surface area contributed by atoms with Crippen molar-refractivity contribution in [2.75, 3.05) is 0 Å². The predicted molar refractivity (Wildman–Crippen MR) is 110 cm³/mol. The number of carbonyl (C=O) groups is 1. The van der Waals surface area contributed by atoms with E-state index in [1.165, 1.54) is 0 Å². The number of nitrogens with one attached hydrogen (secondary N) is 3. The van der Waals surface area contributed by atoms with Crippen LogP contribution >= 0.6 is 23.8 Å². The third-order valence-corrected chi connectivity index (χ3v) is 4.25. The van der Waals surface area contributed by atoms with Crippen molar-refractivity contribution < 1.29 is 9.32 Å². The third-order valence-electron chi connectivity index (χ3n) is 3.75. The van der Waals surface area contributed by atoms with Crippen LogP contribution in [0.1, 0.15) is 17.9 Å². The van der Waals surface area contributed by atoms with Crippen molar-refractivity contribution in [3.8, 4) is 11.4 Å². The fourth-order valence-electron chi connectivity index (χ4n) is 2.30. The summed E-state index contributed by atoms with van der Waals surface area (Å²) < 4.78 is 5.18. The minimum atomic E-state index is -0.241. The molecular weight excluding hydrogens is 398 g/mol. The van der Waals surface area contributed by atoms with Gasteiger partial charge in [-0.05, 0) is 42.0 Å². The molecule has 0 spiro atoms. The number of aromatic nitrogens is 2. The van der Waals surface area contributed by atoms with Gasteiger partial charge in [-0.25, -0.2) is 0 Å². The zero-order valence-electron chi connectivity index (χ0n) is 14.8. The van der Waals surface area contributed by atoms with Gasteiger partial charge in [-0.15, -0.1) is 0 Å². The second-order valence-electron chi connectivity index (χ2n) is 5.86. The molecule has 0 aliphatic heterocycles. The van der Waals surface area contributed by atoms with Crippen molar-refractivity contribution in [2.24, 2.45) is 0 Å². The standard InChI is InChI=1S/C19H18ClN5O2S/c20-15-8-6-14(7-9-15)18-22-17(27-25-18)11-10-16(26)23-24-19(28)21-12-13-4-2-1-3-5-13/h1-9H,10-12H2,(H,23,26)(H2,21,24,28). The molecule has 0 aliphatic rings. The summed E-state index contributed by atoms with van der Waals surface area (Å²) in [4.78, 5) is 16.2. The Hall–Kier alpha value is -2.97. The molecule has 0 saturated carbocycles. The first kappa shape index (κ1) is 19.8. The van der Waals surface area contributed by atoms with Crippen LogP contribution in [0.25, 0.3) is 11.4 Å². The molecule has 144 valence electrons. The van der Waals surface area contributed by atoms with Gasteiger partial charge in [-0.2, -0.15) is 4.98 Å². The van der Waals surface area contributed by atoms with Crippen LogP contribution in [0.2, 0.25) is 5.02 Å². The molecule has 9 heteroatoms. The minimum absolute atomic E-state index is 0.177. The maximum Gasteiger partial charge on any atom is 0.238 e. The summed E-state index contributed by atoms with van der Waals surface area (Å²) in [5.41, 5.74) is 7.08. The summed E-state index contributed by atoms with van der Waals surface area (Å²) >= 11 is 11.0. The van der Waals surface area contributed by atoms with Crippen LogP contribution in [0.5, 0.6) is 0 Å². The fraction of sp³-hybridized carbons (Fsp3) is 0.158. The van der Waals surface area contributed by atoms with Crippen molar-refractivity contribution >= 4 is 34.8 Å². The molecule has 0 unspecified atom stereocenters. The summed E-state index contributed by atoms with van der Waals surface area (Å²) in [6, 6.07) is 16.9. The maximum atomic E-state index is 11.9. The molecule has 28 heavy (non-hydrogen) atoms. The molecule has 3 rings (SSSR count). The lowest BCUT2D eigenvalue weighted by Crippen LogP contribution is -2.46. The Labute approximate surface area is 172 Å². The maximum absolute atomic E-state index is 11.9. The Morgan fingerprint density at radius 1 is 1.07 bits per heavy atom. The van der Waals surface area contributed by atoms with Crippen molar-refractivity contribution in [3.63, 3.8) is 0 Å². The van der Waals surface area contributed by atoms with Crippen LogP contribution in [-0.2, 0) is 17.8 Å². The van der Waals surface area contributed by atoms with Gasteiger partial charge in [0, 0.05) is 30.0 Å². The molecule has 0 saturated heterocycles. The summed E-state index contributed by atoms with van der Waals surface area (Å²) in [6.45, 7) is 0.567. The number of hydrogen-bond donors (Lipinski definition) is 3. The van der Waals surface area contributed by atoms with E-state index in [9.17, 15) is 4.79 Å². The van der Waals surface area contributed by atoms with E-state index in [2.05, 4.69) is 26.3 Å². The van der Waals surface area contributed by atoms with Crippen LogP contribution in [0.15, 0.2) is 59.1 Å². The molecule has 0 aliphatic carbocycles. The molecule has 0 fully saturated rings. The monoisotopic (exact) mass is 415 g/mol. The Morgan fingerprint density at radius 2 is 1.82 bits per heavy atom. The Kier molecular flexibility index (Phi) is 6.94. The highest BCUT2D eigenvalue weighted by Crippen LogP contribution is 2.18. The lowest BCUT2D eigenvalue weighted by atomic mass is 10.2. The largest absolute Gasteiger partial charge is 0.357 e. The van der Waals surface area contributed by atoms with E-state index in [4.69, 9.17) is 28.3 Å². The van der Waals surface area contributed by atoms with Gasteiger partial charge < -0.3 is 9.84 Å². The van der Waals surface area contributed by atoms with E-state index in [0.717, 1.165) is 11.1 Å². The fourth-order valence-corrected chi connectivity index (χ4v) is 2.55. The van der Waals surface area contributed by atoms with Gasteiger partial charge in [0.1, 0.15) is 0 Å². The number of thiocarbonyl (C=S) groups is 1. The molecule has 0 radical (unpaired) electrons. The van der Waals surface area contributed by atoms with Gasteiger partial charge in [0.25, 0.3) is 0 Å². The van der Waals surface area contributed by atoms with Crippen LogP contribution in [0, 0.1) is 0 Å². The Bertz CT molecular complexity index is 931. The first-order valence-corrected chi connectivity index (χ1v) is 9.34. The molecule has 1 aromatic heterocycles. The summed E-state index contributed by atoms with van der Waals surface area (Å²) in [5, 5.41) is 7.89. The molecule has 1 amide bonds. The highest BCUT2D eigenvalue weighted by molar-refractivity contribution is 7.80. The van der Waals surface area contributed by atoms with Gasteiger partial charge in [-0.1, -0.05) is 47.1 Å². The van der Waals surface area contributed by atoms with Crippen molar-refractivity contribution in [1.82, 2.24) is 26.3 Å². The topological polar surface area (TPSA) is 92.1 Å². The first-order chi connectivity index (χ1) is 13.6. The number of carbonyl (C=O) groups excluding carboxylic acids is 1. The molecule has 0 bridgehead atoms. The van der Waals surface area contributed by atoms with Crippen molar-refractivity contribution in [1.29, 1.82) is 0 Å². The quantitative estimate of drug-likeness (QED) is 0.421. The normalized spacial score (nSPS) is 10.3. The Morgan fingerprint density at radius 3 is 2.57 bits per heavy atom. The van der Waals surface area contributed by atoms with Crippen molar-refractivity contribution in [2.45, 2.75) is 19.4 Å². The molecule has 3 N–H and O–H groups in total. The lowest BCUT2D eigenvalue weighted by Gasteiger charge is -2.11. The van der Waals surface area contributed by atoms with Crippen LogP contribution < -0.4 is 16.2 Å². The number of nitrogens with zero attached hydrogens (tertiary/aromatic N) is 2. The van der Waals surface area contributed by atoms with Gasteiger partial charge in [0.2, 0.25) is 17.6 Å². The minimum Gasteiger partial charge on any atom is -0.357 e. The number of halogens is 1. The van der Waals surface area contributed by atoms with E-state index in [0.29, 0.717) is 34.8 Å². The lowest BCUT2D eigenvalue weighted by molar-refractivity contribution is -0.121. The van der Waals surface area contributed by atoms with Crippen LogP contribution in [0.3, 0.4) is 0 Å². The van der Waals surface area contributed by atoms with E-state index < -0.39 is 0 Å². The zero-order valence-corrected chi connectivity index (χ0v) is 16.4. The molecule has 1 heterocycles. The average molecular weight is 416 g/mol. The Balaban J connectivity index is 1.38. The van der Waals surface area contributed by atoms with Crippen LogP contribution in [-0.4, -0.2) is 21.2 Å². The second-order valence-corrected chi connectivity index (χ2v) is 6.70. The average Bonchev–Trinajstić information content (AvgIpc) is 3.19. The number of benzene rings is 2. The van der Waals surface area contributed by atoms with Gasteiger partial charge in [0.15, 0.2) is 5.11 Å². The highest BCUT2D eigenvalue weighted by Gasteiger charge is 2.11. The molecule has 7 nitrogen and oxygen atoms in total. The van der Waals surface area contributed by atoms with E-state index in [1.54, 1.807) is 24.3 Å². The number of rotatable bonds is 6. The van der Waals surface area contributed by atoms with Crippen molar-refractivity contribution in [3.05, 3.63) is 71.1 Å². The molecule has 2 aromatic carbocycles. The van der Waals surface area contributed by atoms with E-state index in [1.807, 2.05) is 30.3 Å². The summed E-state index contributed by atoms with van der Waals surface area (Å²) in [6.07, 6.45) is 0.495. The third kappa shape index (κ3) is 6.04. The predicted octanol–water partition coefficient (Wildman–Crippen LogP) is 3.02. The number of hydrogen-bond acceptors (Lipinski definition) is 5. The van der Waals surface area contributed by atoms with E-state index >= 15 is 0 Å². The number of aryl methyl sites for hydroxylation is 1. The number of amides is 1. The zero-order chi connectivity index (χ0) is 19.8. The smallest absolute Gasteiger partial charge is 0.238 e. The van der Waals surface area contributed by atoms with Gasteiger partial charge >= 0.3 is 0 Å². The first-order valence-electron chi connectivity index (χ1n) is 8.55. The van der Waals surface area contributed by atoms with Crippen LogP contribution in [0.4, 0.5) is 0 Å². The highest BCUT2D eigenvalue weighted by atomic mass is 35.5. The van der Waals surface area contributed by atoms with Gasteiger partial charge in [0.05, 0.1) is 0 Å². The molecule has 3 aromatic rings. The summed E-state index contributed by atoms with van der Waals surface area (Å²) in [7, 11) is 0. The number of hydrazine groups is 1. The second kappa shape index (κ2) is 9.82. The van der Waals surface area contributed by atoms with Gasteiger partial charge in [-0.3, -0.25) is 15.6 Å². The molecule has 0 atom stereocenters. The molecular formula is C19H18ClN5O2S. The SMILES string of the molecule is O=C(CCc1nc(-c2ccc(Cl)cc2)no1)NNC(=S)NCc1ccccc1.